The van der Waals surface area contributed by atoms with Gasteiger partial charge in [0.2, 0.25) is 0 Å². The van der Waals surface area contributed by atoms with Crippen LogP contribution in [0.15, 0.2) is 24.3 Å². The van der Waals surface area contributed by atoms with Gasteiger partial charge >= 0.3 is 0 Å². The molecule has 90 valence electrons. The zero-order valence-electron chi connectivity index (χ0n) is 10.1. The number of nitrogens with one attached hydrogen (secondary N) is 2. The van der Waals surface area contributed by atoms with Crippen molar-refractivity contribution in [1.29, 1.82) is 0 Å². The minimum atomic E-state index is -0.129. The summed E-state index contributed by atoms with van der Waals surface area (Å²) in [5.41, 5.74) is 0.735. The van der Waals surface area contributed by atoms with Crippen LogP contribution in [0.5, 0.6) is 0 Å². The largest absolute Gasteiger partial charge is 0.314 e. The van der Waals surface area contributed by atoms with Gasteiger partial charge < -0.3 is 10.6 Å². The minimum Gasteiger partial charge on any atom is -0.314 e. The third-order valence-electron chi connectivity index (χ3n) is 2.36. The monoisotopic (exact) mass is 224 g/mol. The first-order valence-corrected chi connectivity index (χ1v) is 5.87. The van der Waals surface area contributed by atoms with Crippen LogP contribution in [0.2, 0.25) is 0 Å². The number of benzene rings is 1. The molecular formula is C13H21FN2. The molecule has 0 amide bonds. The predicted octanol–water partition coefficient (Wildman–Crippen LogP) is 2.30. The van der Waals surface area contributed by atoms with Gasteiger partial charge in [0.25, 0.3) is 0 Å². The van der Waals surface area contributed by atoms with Gasteiger partial charge in [0.05, 0.1) is 0 Å². The highest BCUT2D eigenvalue weighted by Crippen LogP contribution is 2.05. The summed E-state index contributed by atoms with van der Waals surface area (Å²) in [6.45, 7) is 6.78. The van der Waals surface area contributed by atoms with Gasteiger partial charge in [0.1, 0.15) is 5.82 Å². The maximum absolute atomic E-state index is 13.2. The van der Waals surface area contributed by atoms with Crippen LogP contribution < -0.4 is 10.6 Å². The maximum Gasteiger partial charge on any atom is 0.127 e. The minimum absolute atomic E-state index is 0.129. The summed E-state index contributed by atoms with van der Waals surface area (Å²) in [6, 6.07) is 7.42. The number of hydrogen-bond acceptors (Lipinski definition) is 2. The molecule has 0 bridgehead atoms. The van der Waals surface area contributed by atoms with Crippen LogP contribution >= 0.6 is 0 Å². The normalized spacial score (nSPS) is 11.0. The van der Waals surface area contributed by atoms with Crippen molar-refractivity contribution in [2.24, 2.45) is 0 Å². The van der Waals surface area contributed by atoms with Crippen LogP contribution in [-0.2, 0) is 6.54 Å². The van der Waals surface area contributed by atoms with Gasteiger partial charge in [-0.2, -0.15) is 0 Å². The van der Waals surface area contributed by atoms with Gasteiger partial charge in [0, 0.05) is 18.2 Å². The van der Waals surface area contributed by atoms with E-state index in [4.69, 9.17) is 0 Å². The van der Waals surface area contributed by atoms with Crippen LogP contribution in [-0.4, -0.2) is 19.1 Å². The van der Waals surface area contributed by atoms with Crippen molar-refractivity contribution in [3.63, 3.8) is 0 Å². The predicted molar refractivity (Wildman–Crippen MR) is 65.9 cm³/mol. The zero-order valence-corrected chi connectivity index (χ0v) is 10.1. The molecule has 1 aromatic carbocycles. The lowest BCUT2D eigenvalue weighted by Crippen LogP contribution is -2.26. The molecule has 0 saturated carbocycles. The molecule has 3 heteroatoms. The second-order valence-corrected chi connectivity index (χ2v) is 4.23. The van der Waals surface area contributed by atoms with Crippen LogP contribution in [0, 0.1) is 5.82 Å². The van der Waals surface area contributed by atoms with Gasteiger partial charge in [-0.1, -0.05) is 32.0 Å². The van der Waals surface area contributed by atoms with Crippen molar-refractivity contribution < 1.29 is 4.39 Å². The Morgan fingerprint density at radius 1 is 1.19 bits per heavy atom. The molecule has 0 fully saturated rings. The lowest BCUT2D eigenvalue weighted by Gasteiger charge is -2.08. The fourth-order valence-corrected chi connectivity index (χ4v) is 1.47. The molecule has 0 radical (unpaired) electrons. The molecule has 1 aromatic rings. The second kappa shape index (κ2) is 7.36. The van der Waals surface area contributed by atoms with Crippen molar-refractivity contribution in [3.05, 3.63) is 35.6 Å². The lowest BCUT2D eigenvalue weighted by atomic mass is 10.2. The highest BCUT2D eigenvalue weighted by Gasteiger charge is 1.99. The van der Waals surface area contributed by atoms with Crippen LogP contribution in [0.1, 0.15) is 25.8 Å². The van der Waals surface area contributed by atoms with E-state index in [1.54, 1.807) is 6.07 Å². The maximum atomic E-state index is 13.2. The quantitative estimate of drug-likeness (QED) is 0.694. The molecule has 0 unspecified atom stereocenters. The summed E-state index contributed by atoms with van der Waals surface area (Å²) in [4.78, 5) is 0. The summed E-state index contributed by atoms with van der Waals surface area (Å²) in [5.74, 6) is -0.129. The molecule has 0 heterocycles. The number of halogens is 1. The van der Waals surface area contributed by atoms with Crippen LogP contribution in [0.4, 0.5) is 4.39 Å². The summed E-state index contributed by atoms with van der Waals surface area (Å²) >= 11 is 0. The molecular weight excluding hydrogens is 203 g/mol. The molecule has 16 heavy (non-hydrogen) atoms. The van der Waals surface area contributed by atoms with Crippen molar-refractivity contribution in [2.75, 3.05) is 13.1 Å². The van der Waals surface area contributed by atoms with E-state index in [1.165, 1.54) is 6.07 Å². The van der Waals surface area contributed by atoms with Gasteiger partial charge in [0.15, 0.2) is 0 Å². The van der Waals surface area contributed by atoms with Crippen LogP contribution in [0.25, 0.3) is 0 Å². The Labute approximate surface area is 97.3 Å². The second-order valence-electron chi connectivity index (χ2n) is 4.23. The van der Waals surface area contributed by atoms with Crippen molar-refractivity contribution in [2.45, 2.75) is 32.9 Å². The summed E-state index contributed by atoms with van der Waals surface area (Å²) in [6.07, 6.45) is 1.06. The third-order valence-corrected chi connectivity index (χ3v) is 2.36. The van der Waals surface area contributed by atoms with E-state index < -0.39 is 0 Å². The van der Waals surface area contributed by atoms with Crippen molar-refractivity contribution in [3.8, 4) is 0 Å². The highest BCUT2D eigenvalue weighted by atomic mass is 19.1. The third kappa shape index (κ3) is 5.24. The van der Waals surface area contributed by atoms with E-state index in [-0.39, 0.29) is 5.82 Å². The lowest BCUT2D eigenvalue weighted by molar-refractivity contribution is 0.539. The average Bonchev–Trinajstić information content (AvgIpc) is 2.25. The number of hydrogen-bond donors (Lipinski definition) is 2. The summed E-state index contributed by atoms with van der Waals surface area (Å²) in [7, 11) is 0. The first kappa shape index (κ1) is 13.1. The molecule has 0 atom stereocenters. The Balaban J connectivity index is 2.10. The molecule has 2 N–H and O–H groups in total. The molecule has 1 rings (SSSR count). The topological polar surface area (TPSA) is 24.1 Å². The fourth-order valence-electron chi connectivity index (χ4n) is 1.47. The standard InChI is InChI=1S/C13H21FN2/c1-11(2)16-9-5-8-15-10-12-6-3-4-7-13(12)14/h3-4,6-7,11,15-16H,5,8-10H2,1-2H3. The molecule has 0 aromatic heterocycles. The van der Waals surface area contributed by atoms with Gasteiger partial charge in [-0.3, -0.25) is 0 Å². The van der Waals surface area contributed by atoms with Crippen molar-refractivity contribution in [1.82, 2.24) is 10.6 Å². The molecule has 0 aliphatic heterocycles. The van der Waals surface area contributed by atoms with Crippen LogP contribution in [0.3, 0.4) is 0 Å². The zero-order chi connectivity index (χ0) is 11.8. The van der Waals surface area contributed by atoms with E-state index in [1.807, 2.05) is 12.1 Å². The fraction of sp³-hybridized carbons (Fsp3) is 0.538. The Kier molecular flexibility index (Phi) is 6.04. The van der Waals surface area contributed by atoms with E-state index in [0.717, 1.165) is 25.1 Å². The average molecular weight is 224 g/mol. The smallest absolute Gasteiger partial charge is 0.127 e. The summed E-state index contributed by atoms with van der Waals surface area (Å²) in [5, 5.41) is 6.58. The first-order valence-electron chi connectivity index (χ1n) is 5.87. The van der Waals surface area contributed by atoms with Gasteiger partial charge in [-0.25, -0.2) is 4.39 Å². The molecule has 0 aliphatic carbocycles. The number of rotatable bonds is 7. The summed E-state index contributed by atoms with van der Waals surface area (Å²) < 4.78 is 13.2. The van der Waals surface area contributed by atoms with E-state index in [2.05, 4.69) is 24.5 Å². The molecule has 2 nitrogen and oxygen atoms in total. The molecule has 0 aliphatic rings. The Hall–Kier alpha value is -0.930. The molecule has 0 spiro atoms. The Bertz CT molecular complexity index is 300. The van der Waals surface area contributed by atoms with Crippen molar-refractivity contribution >= 4 is 0 Å². The highest BCUT2D eigenvalue weighted by molar-refractivity contribution is 5.16. The SMILES string of the molecule is CC(C)NCCCNCc1ccccc1F. The Morgan fingerprint density at radius 2 is 1.94 bits per heavy atom. The first-order chi connectivity index (χ1) is 7.70. The molecule has 0 saturated heterocycles. The van der Waals surface area contributed by atoms with E-state index in [0.29, 0.717) is 12.6 Å². The van der Waals surface area contributed by atoms with E-state index >= 15 is 0 Å². The van der Waals surface area contributed by atoms with Gasteiger partial charge in [-0.15, -0.1) is 0 Å². The van der Waals surface area contributed by atoms with Gasteiger partial charge in [-0.05, 0) is 25.6 Å². The van der Waals surface area contributed by atoms with E-state index in [9.17, 15) is 4.39 Å². The Morgan fingerprint density at radius 3 is 2.62 bits per heavy atom.